The van der Waals surface area contributed by atoms with Gasteiger partial charge in [0.15, 0.2) is 5.76 Å². The van der Waals surface area contributed by atoms with Crippen molar-refractivity contribution in [2.45, 2.75) is 39.8 Å². The minimum Gasteiger partial charge on any atom is -0.455 e. The van der Waals surface area contributed by atoms with Gasteiger partial charge in [-0.1, -0.05) is 31.1 Å². The summed E-state index contributed by atoms with van der Waals surface area (Å²) in [6.07, 6.45) is -3.58. The summed E-state index contributed by atoms with van der Waals surface area (Å²) in [6.45, 7) is 5.56. The summed E-state index contributed by atoms with van der Waals surface area (Å²) in [7, 11) is 0. The van der Waals surface area contributed by atoms with Gasteiger partial charge in [-0.15, -0.1) is 0 Å². The van der Waals surface area contributed by atoms with Crippen LogP contribution in [0.25, 0.3) is 0 Å². The minimum atomic E-state index is -4.60. The fourth-order valence-corrected chi connectivity index (χ4v) is 3.43. The van der Waals surface area contributed by atoms with Gasteiger partial charge in [-0.25, -0.2) is 0 Å². The predicted octanol–water partition coefficient (Wildman–Crippen LogP) is 5.01. The number of hydrogen-bond donors (Lipinski definition) is 2. The van der Waals surface area contributed by atoms with E-state index in [1.165, 1.54) is 18.2 Å². The summed E-state index contributed by atoms with van der Waals surface area (Å²) in [5.41, 5.74) is -0.125. The van der Waals surface area contributed by atoms with Gasteiger partial charge in [-0.2, -0.15) is 13.2 Å². The van der Waals surface area contributed by atoms with Crippen LogP contribution in [0.5, 0.6) is 0 Å². The van der Waals surface area contributed by atoms with Crippen molar-refractivity contribution in [2.24, 2.45) is 10.6 Å². The quantitative estimate of drug-likeness (QED) is 0.568. The summed E-state index contributed by atoms with van der Waals surface area (Å²) in [4.78, 5) is 12.6. The Bertz CT molecular complexity index is 927. The number of carbonyl (C=O) groups is 1. The Morgan fingerprint density at radius 2 is 1.93 bits per heavy atom. The van der Waals surface area contributed by atoms with Crippen LogP contribution in [-0.4, -0.2) is 16.8 Å². The number of hydrogen-bond acceptors (Lipinski definition) is 4. The molecule has 5 nitrogen and oxygen atoms in total. The van der Waals surface area contributed by atoms with Crippen molar-refractivity contribution in [1.29, 1.82) is 0 Å². The fraction of sp³-hybridized carbons (Fsp3) is 0.368. The molecule has 0 unspecified atom stereocenters. The Kier molecular flexibility index (Phi) is 4.53. The normalized spacial score (nSPS) is 17.6. The van der Waals surface area contributed by atoms with E-state index in [-0.39, 0.29) is 16.9 Å². The van der Waals surface area contributed by atoms with E-state index in [2.05, 4.69) is 10.5 Å². The molecule has 2 aromatic rings. The van der Waals surface area contributed by atoms with Crippen molar-refractivity contribution >= 4 is 17.3 Å². The second-order valence-electron chi connectivity index (χ2n) is 7.42. The zero-order chi connectivity index (χ0) is 20.0. The topological polar surface area (TPSA) is 74.8 Å². The number of nitrogens with zero attached hydrogens (tertiary/aromatic N) is 1. The van der Waals surface area contributed by atoms with Crippen LogP contribution < -0.4 is 5.32 Å². The number of oxime groups is 1. The lowest BCUT2D eigenvalue weighted by atomic mass is 9.75. The molecule has 0 spiro atoms. The van der Waals surface area contributed by atoms with Crippen LogP contribution >= 0.6 is 0 Å². The number of halogens is 3. The summed E-state index contributed by atoms with van der Waals surface area (Å²) in [5.74, 6) is -0.379. The summed E-state index contributed by atoms with van der Waals surface area (Å²) in [6, 6.07) is 4.74. The lowest BCUT2D eigenvalue weighted by Gasteiger charge is -2.28. The van der Waals surface area contributed by atoms with Gasteiger partial charge in [0.2, 0.25) is 0 Å². The van der Waals surface area contributed by atoms with Crippen LogP contribution in [0.2, 0.25) is 0 Å². The standard InChI is InChI=1S/C19H19F3N2O3/c1-10-15-13(24-26)8-18(2,3)9-14(15)27-16(10)17(25)23-12-7-5-4-6-11(12)19(20,21)22/h4-7,26H,8-9H2,1-3H3,(H,23,25)/b24-13-. The molecule has 1 amide bonds. The molecule has 0 saturated heterocycles. The van der Waals surface area contributed by atoms with Crippen LogP contribution in [0.4, 0.5) is 18.9 Å². The number of benzene rings is 1. The van der Waals surface area contributed by atoms with E-state index >= 15 is 0 Å². The first-order valence-electron chi connectivity index (χ1n) is 8.34. The SMILES string of the molecule is Cc1c(C(=O)Nc2ccccc2C(F)(F)F)oc2c1/C(=N\O)CC(C)(C)C2. The van der Waals surface area contributed by atoms with Gasteiger partial charge in [-0.05, 0) is 30.9 Å². The van der Waals surface area contributed by atoms with Gasteiger partial charge >= 0.3 is 6.18 Å². The molecule has 8 heteroatoms. The third-order valence-corrected chi connectivity index (χ3v) is 4.60. The molecule has 144 valence electrons. The highest BCUT2D eigenvalue weighted by Gasteiger charge is 2.37. The molecular formula is C19H19F3N2O3. The maximum atomic E-state index is 13.1. The Morgan fingerprint density at radius 1 is 1.26 bits per heavy atom. The van der Waals surface area contributed by atoms with E-state index in [1.54, 1.807) is 6.92 Å². The molecule has 0 bridgehead atoms. The van der Waals surface area contributed by atoms with Crippen molar-refractivity contribution in [1.82, 2.24) is 0 Å². The lowest BCUT2D eigenvalue weighted by Crippen LogP contribution is -2.27. The maximum absolute atomic E-state index is 13.1. The zero-order valence-corrected chi connectivity index (χ0v) is 15.1. The first-order valence-corrected chi connectivity index (χ1v) is 8.34. The van der Waals surface area contributed by atoms with Gasteiger partial charge in [0, 0.05) is 17.5 Å². The van der Waals surface area contributed by atoms with E-state index in [1.807, 2.05) is 13.8 Å². The number of para-hydroxylation sites is 1. The molecule has 0 fully saturated rings. The molecule has 1 heterocycles. The van der Waals surface area contributed by atoms with Crippen LogP contribution in [0, 0.1) is 12.3 Å². The summed E-state index contributed by atoms with van der Waals surface area (Å²) >= 11 is 0. The number of alkyl halides is 3. The monoisotopic (exact) mass is 380 g/mol. The van der Waals surface area contributed by atoms with Crippen LogP contribution in [0.15, 0.2) is 33.8 Å². The lowest BCUT2D eigenvalue weighted by molar-refractivity contribution is -0.136. The number of nitrogens with one attached hydrogen (secondary N) is 1. The third-order valence-electron chi connectivity index (χ3n) is 4.60. The molecule has 1 aliphatic rings. The highest BCUT2D eigenvalue weighted by atomic mass is 19.4. The number of furan rings is 1. The van der Waals surface area contributed by atoms with Gasteiger partial charge in [-0.3, -0.25) is 4.79 Å². The Labute approximate surface area is 153 Å². The van der Waals surface area contributed by atoms with E-state index in [0.717, 1.165) is 6.07 Å². The van der Waals surface area contributed by atoms with Crippen molar-refractivity contribution in [3.63, 3.8) is 0 Å². The largest absolute Gasteiger partial charge is 0.455 e. The average molecular weight is 380 g/mol. The Balaban J connectivity index is 1.98. The van der Waals surface area contributed by atoms with E-state index in [0.29, 0.717) is 35.4 Å². The van der Waals surface area contributed by atoms with E-state index in [9.17, 15) is 23.2 Å². The second-order valence-corrected chi connectivity index (χ2v) is 7.42. The van der Waals surface area contributed by atoms with E-state index in [4.69, 9.17) is 4.42 Å². The first-order chi connectivity index (χ1) is 12.5. The van der Waals surface area contributed by atoms with Crippen molar-refractivity contribution in [3.05, 3.63) is 52.5 Å². The smallest absolute Gasteiger partial charge is 0.418 e. The van der Waals surface area contributed by atoms with Crippen LogP contribution in [-0.2, 0) is 12.6 Å². The highest BCUT2D eigenvalue weighted by Crippen LogP contribution is 2.39. The zero-order valence-electron chi connectivity index (χ0n) is 15.1. The van der Waals surface area contributed by atoms with Gasteiger partial charge in [0.1, 0.15) is 5.76 Å². The molecule has 0 radical (unpaired) electrons. The number of carbonyl (C=O) groups excluding carboxylic acids is 1. The third kappa shape index (κ3) is 3.56. The number of rotatable bonds is 2. The number of fused-ring (bicyclic) bond motifs is 1. The summed E-state index contributed by atoms with van der Waals surface area (Å²) < 4.78 is 45.1. The van der Waals surface area contributed by atoms with Gasteiger partial charge in [0.05, 0.1) is 17.0 Å². The Morgan fingerprint density at radius 3 is 2.56 bits per heavy atom. The number of anilines is 1. The molecule has 0 saturated carbocycles. The van der Waals surface area contributed by atoms with Gasteiger partial charge in [0.25, 0.3) is 5.91 Å². The molecule has 1 aromatic heterocycles. The maximum Gasteiger partial charge on any atom is 0.418 e. The molecule has 1 aromatic carbocycles. The fourth-order valence-electron chi connectivity index (χ4n) is 3.43. The summed E-state index contributed by atoms with van der Waals surface area (Å²) in [5, 5.41) is 14.9. The molecule has 0 atom stereocenters. The van der Waals surface area contributed by atoms with Crippen molar-refractivity contribution in [2.75, 3.05) is 5.32 Å². The predicted molar refractivity (Wildman–Crippen MR) is 93.3 cm³/mol. The van der Waals surface area contributed by atoms with Crippen molar-refractivity contribution < 1.29 is 27.6 Å². The molecule has 2 N–H and O–H groups in total. The second kappa shape index (κ2) is 6.44. The molecule has 3 rings (SSSR count). The number of amides is 1. The molecular weight excluding hydrogens is 361 g/mol. The van der Waals surface area contributed by atoms with Crippen LogP contribution in [0.1, 0.15) is 53.3 Å². The minimum absolute atomic E-state index is 0.0872. The highest BCUT2D eigenvalue weighted by molar-refractivity contribution is 6.09. The van der Waals surface area contributed by atoms with Crippen molar-refractivity contribution in [3.8, 4) is 0 Å². The molecule has 0 aliphatic heterocycles. The van der Waals surface area contributed by atoms with Gasteiger partial charge < -0.3 is 14.9 Å². The van der Waals surface area contributed by atoms with E-state index < -0.39 is 17.6 Å². The Hall–Kier alpha value is -2.77. The molecule has 1 aliphatic carbocycles. The first kappa shape index (κ1) is 19.0. The average Bonchev–Trinajstić information content (AvgIpc) is 2.89. The molecule has 27 heavy (non-hydrogen) atoms. The van der Waals surface area contributed by atoms with Crippen LogP contribution in [0.3, 0.4) is 0 Å².